The van der Waals surface area contributed by atoms with Crippen LogP contribution in [0.15, 0.2) is 46.9 Å². The number of anilines is 1. The monoisotopic (exact) mass is 428 g/mol. The van der Waals surface area contributed by atoms with Crippen molar-refractivity contribution >= 4 is 27.6 Å². The molecule has 2 heterocycles. The van der Waals surface area contributed by atoms with Crippen molar-refractivity contribution < 1.29 is 17.9 Å². The molecular weight excluding hydrogens is 404 g/mol. The standard InChI is InChI=1S/C21H24N4O4S/c1-14-7-9-16(10-8-14)21(26)25-11-3-4-15(12-25)13-29-18-6-2-5-17-19(18)20(22)24-30(27,28)23-17/h2,5-10,15,23H,3-4,11-13H2,1H3,(H2,22,24)/t15-/m0/s1. The Morgan fingerprint density at radius 1 is 1.27 bits per heavy atom. The van der Waals surface area contributed by atoms with Gasteiger partial charge in [0.25, 0.3) is 5.91 Å². The lowest BCUT2D eigenvalue weighted by atomic mass is 9.98. The number of hydrogen-bond acceptors (Lipinski definition) is 5. The van der Waals surface area contributed by atoms with Gasteiger partial charge in [-0.1, -0.05) is 23.8 Å². The maximum Gasteiger partial charge on any atom is 0.344 e. The highest BCUT2D eigenvalue weighted by Gasteiger charge is 2.27. The van der Waals surface area contributed by atoms with Gasteiger partial charge in [-0.05, 0) is 44.0 Å². The van der Waals surface area contributed by atoms with Crippen LogP contribution in [0.1, 0.15) is 34.3 Å². The molecule has 1 saturated heterocycles. The SMILES string of the molecule is Cc1ccc(C(=O)N2CCC[C@H](COc3cccc4c3C(N)=NS(=O)(=O)N4)C2)cc1. The van der Waals surface area contributed by atoms with Crippen LogP contribution in [-0.4, -0.2) is 44.8 Å². The zero-order chi connectivity index (χ0) is 21.3. The van der Waals surface area contributed by atoms with Crippen LogP contribution in [0.4, 0.5) is 5.69 Å². The minimum Gasteiger partial charge on any atom is -0.492 e. The molecule has 158 valence electrons. The third-order valence-corrected chi connectivity index (χ3v) is 6.23. The fourth-order valence-corrected chi connectivity index (χ4v) is 4.65. The van der Waals surface area contributed by atoms with Gasteiger partial charge in [-0.15, -0.1) is 4.40 Å². The zero-order valence-electron chi connectivity index (χ0n) is 16.7. The largest absolute Gasteiger partial charge is 0.492 e. The molecule has 0 aromatic heterocycles. The van der Waals surface area contributed by atoms with Crippen LogP contribution >= 0.6 is 0 Å². The Hall–Kier alpha value is -3.07. The number of nitrogens with one attached hydrogen (secondary N) is 1. The van der Waals surface area contributed by atoms with Crippen molar-refractivity contribution in [1.82, 2.24) is 4.90 Å². The number of amides is 1. The molecule has 0 radical (unpaired) electrons. The molecule has 3 N–H and O–H groups in total. The van der Waals surface area contributed by atoms with Crippen LogP contribution in [0.3, 0.4) is 0 Å². The molecule has 0 saturated carbocycles. The molecule has 4 rings (SSSR count). The predicted molar refractivity (Wildman–Crippen MR) is 115 cm³/mol. The van der Waals surface area contributed by atoms with Crippen LogP contribution in [0.2, 0.25) is 0 Å². The van der Waals surface area contributed by atoms with Gasteiger partial charge < -0.3 is 15.4 Å². The van der Waals surface area contributed by atoms with Gasteiger partial charge >= 0.3 is 10.2 Å². The molecule has 30 heavy (non-hydrogen) atoms. The summed E-state index contributed by atoms with van der Waals surface area (Å²) < 4.78 is 35.3. The minimum absolute atomic E-state index is 0.0302. The first-order valence-corrected chi connectivity index (χ1v) is 11.3. The van der Waals surface area contributed by atoms with Crippen molar-refractivity contribution in [2.75, 3.05) is 24.4 Å². The number of hydrogen-bond donors (Lipinski definition) is 2. The fraction of sp³-hybridized carbons (Fsp3) is 0.333. The van der Waals surface area contributed by atoms with E-state index in [0.29, 0.717) is 35.7 Å². The molecule has 1 atom stereocenters. The molecule has 2 aromatic carbocycles. The van der Waals surface area contributed by atoms with Gasteiger partial charge in [-0.25, -0.2) is 0 Å². The zero-order valence-corrected chi connectivity index (χ0v) is 17.5. The molecule has 0 aliphatic carbocycles. The van der Waals surface area contributed by atoms with Crippen molar-refractivity contribution in [3.63, 3.8) is 0 Å². The van der Waals surface area contributed by atoms with Gasteiger partial charge in [-0.3, -0.25) is 9.52 Å². The lowest BCUT2D eigenvalue weighted by molar-refractivity contribution is 0.0633. The fourth-order valence-electron chi connectivity index (χ4n) is 3.81. The van der Waals surface area contributed by atoms with Crippen LogP contribution in [0.5, 0.6) is 5.75 Å². The number of carbonyl (C=O) groups excluding carboxylic acids is 1. The molecule has 2 aliphatic heterocycles. The molecule has 9 heteroatoms. The molecule has 0 bridgehead atoms. The molecule has 1 amide bonds. The first-order chi connectivity index (χ1) is 14.3. The number of nitrogens with two attached hydrogens (primary N) is 1. The second-order valence-electron chi connectivity index (χ2n) is 7.67. The lowest BCUT2D eigenvalue weighted by Gasteiger charge is -2.33. The van der Waals surface area contributed by atoms with Gasteiger partial charge in [0.05, 0.1) is 17.9 Å². The number of likely N-dealkylation sites (tertiary alicyclic amines) is 1. The summed E-state index contributed by atoms with van der Waals surface area (Å²) in [6.07, 6.45) is 1.85. The summed E-state index contributed by atoms with van der Waals surface area (Å²) in [5.74, 6) is 0.572. The Morgan fingerprint density at radius 2 is 2.03 bits per heavy atom. The molecule has 0 spiro atoms. The Balaban J connectivity index is 1.44. The molecule has 8 nitrogen and oxygen atoms in total. The minimum atomic E-state index is -3.83. The molecule has 0 unspecified atom stereocenters. The summed E-state index contributed by atoms with van der Waals surface area (Å²) in [5.41, 5.74) is 8.46. The van der Waals surface area contributed by atoms with Crippen molar-refractivity contribution in [3.8, 4) is 5.75 Å². The highest BCUT2D eigenvalue weighted by Crippen LogP contribution is 2.31. The average molecular weight is 429 g/mol. The number of ether oxygens (including phenoxy) is 1. The highest BCUT2D eigenvalue weighted by atomic mass is 32.2. The molecule has 1 fully saturated rings. The predicted octanol–water partition coefficient (Wildman–Crippen LogP) is 2.30. The van der Waals surface area contributed by atoms with Gasteiger partial charge in [0, 0.05) is 24.6 Å². The van der Waals surface area contributed by atoms with Crippen molar-refractivity contribution in [2.24, 2.45) is 16.0 Å². The van der Waals surface area contributed by atoms with E-state index in [2.05, 4.69) is 9.12 Å². The smallest absolute Gasteiger partial charge is 0.344 e. The second-order valence-corrected chi connectivity index (χ2v) is 9.01. The molecule has 2 aromatic rings. The maximum absolute atomic E-state index is 12.8. The number of aryl methyl sites for hydroxylation is 1. The van der Waals surface area contributed by atoms with E-state index in [-0.39, 0.29) is 17.7 Å². The van der Waals surface area contributed by atoms with Crippen molar-refractivity contribution in [2.45, 2.75) is 19.8 Å². The topological polar surface area (TPSA) is 114 Å². The summed E-state index contributed by atoms with van der Waals surface area (Å²) in [4.78, 5) is 14.7. The number of fused-ring (bicyclic) bond motifs is 1. The van der Waals surface area contributed by atoms with E-state index >= 15 is 0 Å². The average Bonchev–Trinajstić information content (AvgIpc) is 2.71. The maximum atomic E-state index is 12.8. The summed E-state index contributed by atoms with van der Waals surface area (Å²) in [6, 6.07) is 12.6. The van der Waals surface area contributed by atoms with E-state index in [1.54, 1.807) is 18.2 Å². The van der Waals surface area contributed by atoms with Crippen LogP contribution < -0.4 is 15.2 Å². The summed E-state index contributed by atoms with van der Waals surface area (Å²) in [7, 11) is -3.83. The number of piperidine rings is 1. The van der Waals surface area contributed by atoms with Crippen LogP contribution in [0, 0.1) is 12.8 Å². The highest BCUT2D eigenvalue weighted by molar-refractivity contribution is 7.91. The van der Waals surface area contributed by atoms with E-state index in [0.717, 1.165) is 24.9 Å². The third-order valence-electron chi connectivity index (χ3n) is 5.32. The number of carbonyl (C=O) groups is 1. The number of nitrogens with zero attached hydrogens (tertiary/aromatic N) is 2. The van der Waals surface area contributed by atoms with Gasteiger partial charge in [-0.2, -0.15) is 8.42 Å². The number of amidine groups is 1. The van der Waals surface area contributed by atoms with E-state index in [9.17, 15) is 13.2 Å². The van der Waals surface area contributed by atoms with E-state index in [1.807, 2.05) is 36.1 Å². The first-order valence-electron chi connectivity index (χ1n) is 9.83. The summed E-state index contributed by atoms with van der Waals surface area (Å²) in [5, 5.41) is 0. The Kier molecular flexibility index (Phi) is 5.38. The van der Waals surface area contributed by atoms with Crippen molar-refractivity contribution in [1.29, 1.82) is 0 Å². The third kappa shape index (κ3) is 4.25. The lowest BCUT2D eigenvalue weighted by Crippen LogP contribution is -2.41. The quantitative estimate of drug-likeness (QED) is 0.776. The van der Waals surface area contributed by atoms with E-state index in [1.165, 1.54) is 0 Å². The number of rotatable bonds is 4. The normalized spacial score (nSPS) is 20.0. The van der Waals surface area contributed by atoms with Crippen LogP contribution in [-0.2, 0) is 10.2 Å². The number of benzene rings is 2. The van der Waals surface area contributed by atoms with E-state index in [4.69, 9.17) is 10.5 Å². The van der Waals surface area contributed by atoms with Gasteiger partial charge in [0.15, 0.2) is 5.84 Å². The van der Waals surface area contributed by atoms with Gasteiger partial charge in [0.1, 0.15) is 5.75 Å². The van der Waals surface area contributed by atoms with Gasteiger partial charge in [0.2, 0.25) is 0 Å². The molecular formula is C21H24N4O4S. The Morgan fingerprint density at radius 3 is 2.80 bits per heavy atom. The second kappa shape index (κ2) is 7.98. The summed E-state index contributed by atoms with van der Waals surface area (Å²) >= 11 is 0. The van der Waals surface area contributed by atoms with Crippen molar-refractivity contribution in [3.05, 3.63) is 59.2 Å². The summed E-state index contributed by atoms with van der Waals surface area (Å²) in [6.45, 7) is 3.73. The molecule has 2 aliphatic rings. The van der Waals surface area contributed by atoms with Crippen LogP contribution in [0.25, 0.3) is 0 Å². The van der Waals surface area contributed by atoms with E-state index < -0.39 is 10.2 Å². The Bertz CT molecular complexity index is 1100. The Labute approximate surface area is 175 Å². The first kappa shape index (κ1) is 20.2.